The second-order valence-electron chi connectivity index (χ2n) is 3.55. The molecular formula is C10H10O2S2. The summed E-state index contributed by atoms with van der Waals surface area (Å²) >= 11 is 9.00. The van der Waals surface area contributed by atoms with Gasteiger partial charge in [-0.2, -0.15) is 25.3 Å². The maximum atomic E-state index is 5.58. The second kappa shape index (κ2) is 3.00. The number of fused-ring (bicyclic) bond motifs is 3. The van der Waals surface area contributed by atoms with Crippen molar-refractivity contribution in [3.05, 3.63) is 23.3 Å². The average Bonchev–Trinajstić information content (AvgIpc) is 2.41. The highest BCUT2D eigenvalue weighted by Gasteiger charge is 2.32. The molecule has 0 amide bonds. The van der Waals surface area contributed by atoms with Crippen molar-refractivity contribution in [3.8, 4) is 11.5 Å². The third kappa shape index (κ3) is 1.07. The lowest BCUT2D eigenvalue weighted by Crippen LogP contribution is -2.03. The Morgan fingerprint density at radius 1 is 1.07 bits per heavy atom. The van der Waals surface area contributed by atoms with Gasteiger partial charge in [0.05, 0.1) is 10.5 Å². The van der Waals surface area contributed by atoms with Crippen molar-refractivity contribution in [2.24, 2.45) is 0 Å². The van der Waals surface area contributed by atoms with E-state index in [4.69, 9.17) is 9.47 Å². The zero-order valence-electron chi connectivity index (χ0n) is 7.43. The average molecular weight is 226 g/mol. The Bertz CT molecular complexity index is 392. The predicted molar refractivity (Wildman–Crippen MR) is 60.9 cm³/mol. The molecule has 3 heterocycles. The van der Waals surface area contributed by atoms with Crippen molar-refractivity contribution < 1.29 is 9.47 Å². The quantitative estimate of drug-likeness (QED) is 0.662. The van der Waals surface area contributed by atoms with Crippen LogP contribution >= 0.6 is 25.3 Å². The van der Waals surface area contributed by atoms with E-state index in [1.165, 1.54) is 11.1 Å². The minimum atomic E-state index is 0.132. The lowest BCUT2D eigenvalue weighted by Gasteiger charge is -2.09. The van der Waals surface area contributed by atoms with Crippen LogP contribution in [0.2, 0.25) is 0 Å². The van der Waals surface area contributed by atoms with E-state index in [1.807, 2.05) is 6.07 Å². The molecule has 0 saturated carbocycles. The van der Waals surface area contributed by atoms with Crippen LogP contribution in [0.4, 0.5) is 0 Å². The van der Waals surface area contributed by atoms with Crippen LogP contribution in [0.25, 0.3) is 0 Å². The summed E-state index contributed by atoms with van der Waals surface area (Å²) in [5.74, 6) is 1.70. The first-order valence-corrected chi connectivity index (χ1v) is 5.59. The predicted octanol–water partition coefficient (Wildman–Crippen LogP) is 2.41. The number of ether oxygens (including phenoxy) is 2. The Morgan fingerprint density at radius 3 is 2.71 bits per heavy atom. The van der Waals surface area contributed by atoms with Gasteiger partial charge in [-0.25, -0.2) is 0 Å². The van der Waals surface area contributed by atoms with Crippen LogP contribution in [-0.4, -0.2) is 13.2 Å². The fraction of sp³-hybridized carbons (Fsp3) is 0.400. The van der Waals surface area contributed by atoms with Gasteiger partial charge in [0.1, 0.15) is 13.2 Å². The topological polar surface area (TPSA) is 18.5 Å². The molecular weight excluding hydrogens is 216 g/mol. The summed E-state index contributed by atoms with van der Waals surface area (Å²) in [6.07, 6.45) is 0. The lowest BCUT2D eigenvalue weighted by molar-refractivity contribution is 0.290. The first kappa shape index (κ1) is 8.80. The first-order chi connectivity index (χ1) is 6.77. The van der Waals surface area contributed by atoms with Gasteiger partial charge in [-0.05, 0) is 11.6 Å². The van der Waals surface area contributed by atoms with E-state index in [0.29, 0.717) is 13.2 Å². The van der Waals surface area contributed by atoms with Crippen LogP contribution < -0.4 is 9.47 Å². The summed E-state index contributed by atoms with van der Waals surface area (Å²) < 4.78 is 11.2. The van der Waals surface area contributed by atoms with Crippen molar-refractivity contribution in [3.63, 3.8) is 0 Å². The Balaban J connectivity index is 2.27. The van der Waals surface area contributed by atoms with E-state index in [-0.39, 0.29) is 10.5 Å². The highest BCUT2D eigenvalue weighted by atomic mass is 32.1. The van der Waals surface area contributed by atoms with Crippen molar-refractivity contribution in [2.75, 3.05) is 13.2 Å². The molecule has 0 fully saturated rings. The minimum Gasteiger partial charge on any atom is -0.488 e. The molecule has 1 aromatic carbocycles. The zero-order chi connectivity index (χ0) is 9.71. The Morgan fingerprint density at radius 2 is 1.86 bits per heavy atom. The van der Waals surface area contributed by atoms with Crippen LogP contribution in [0, 0.1) is 0 Å². The molecule has 4 rings (SSSR count). The molecule has 14 heavy (non-hydrogen) atoms. The molecule has 2 bridgehead atoms. The molecule has 2 nitrogen and oxygen atoms in total. The van der Waals surface area contributed by atoms with E-state index in [9.17, 15) is 0 Å². The number of hydrogen-bond acceptors (Lipinski definition) is 4. The maximum absolute atomic E-state index is 5.58. The fourth-order valence-corrected chi connectivity index (χ4v) is 2.64. The SMILES string of the molecule is SC1COc2ccc1c1c2OCC1S. The van der Waals surface area contributed by atoms with Gasteiger partial charge in [0.15, 0.2) is 11.5 Å². The van der Waals surface area contributed by atoms with Gasteiger partial charge in [0.2, 0.25) is 0 Å². The van der Waals surface area contributed by atoms with Gasteiger partial charge >= 0.3 is 0 Å². The second-order valence-corrected chi connectivity index (χ2v) is 4.80. The molecule has 74 valence electrons. The molecule has 2 unspecified atom stereocenters. The molecule has 0 aromatic heterocycles. The van der Waals surface area contributed by atoms with Crippen molar-refractivity contribution >= 4 is 25.3 Å². The summed E-state index contributed by atoms with van der Waals surface area (Å²) in [5, 5.41) is 0.295. The van der Waals surface area contributed by atoms with E-state index >= 15 is 0 Å². The standard InChI is InChI=1S/C10H10O2S2/c13-7-3-11-6-2-1-5(7)9-8(14)4-12-10(6)9/h1-2,7-8,13-14H,3-4H2. The van der Waals surface area contributed by atoms with Crippen molar-refractivity contribution in [1.29, 1.82) is 0 Å². The minimum absolute atomic E-state index is 0.132. The number of rotatable bonds is 0. The summed E-state index contributed by atoms with van der Waals surface area (Å²) in [4.78, 5) is 0. The summed E-state index contributed by atoms with van der Waals surface area (Å²) in [5.41, 5.74) is 2.37. The molecule has 0 spiro atoms. The Kier molecular flexibility index (Phi) is 1.89. The van der Waals surface area contributed by atoms with E-state index in [0.717, 1.165) is 11.5 Å². The Labute approximate surface area is 93.4 Å². The number of benzene rings is 1. The van der Waals surface area contributed by atoms with Gasteiger partial charge in [-0.1, -0.05) is 6.07 Å². The van der Waals surface area contributed by atoms with E-state index in [1.54, 1.807) is 0 Å². The number of hydrogen-bond donors (Lipinski definition) is 2. The van der Waals surface area contributed by atoms with Gasteiger partial charge in [-0.15, -0.1) is 0 Å². The third-order valence-corrected chi connectivity index (χ3v) is 3.50. The monoisotopic (exact) mass is 226 g/mol. The summed E-state index contributed by atoms with van der Waals surface area (Å²) in [6.45, 7) is 1.24. The van der Waals surface area contributed by atoms with Gasteiger partial charge in [0.25, 0.3) is 0 Å². The molecule has 0 saturated heterocycles. The largest absolute Gasteiger partial charge is 0.488 e. The summed E-state index contributed by atoms with van der Waals surface area (Å²) in [7, 11) is 0. The molecule has 4 heteroatoms. The zero-order valence-corrected chi connectivity index (χ0v) is 9.22. The van der Waals surface area contributed by atoms with E-state index < -0.39 is 0 Å². The van der Waals surface area contributed by atoms with Crippen LogP contribution in [0.3, 0.4) is 0 Å². The van der Waals surface area contributed by atoms with Crippen LogP contribution in [0.1, 0.15) is 21.6 Å². The first-order valence-electron chi connectivity index (χ1n) is 4.56. The molecule has 3 aliphatic rings. The highest BCUT2D eigenvalue weighted by molar-refractivity contribution is 7.81. The molecule has 1 aromatic rings. The molecule has 0 N–H and O–H groups in total. The summed E-state index contributed by atoms with van der Waals surface area (Å²) in [6, 6.07) is 4.02. The van der Waals surface area contributed by atoms with Crippen LogP contribution in [0.5, 0.6) is 11.5 Å². The maximum Gasteiger partial charge on any atom is 0.165 e. The van der Waals surface area contributed by atoms with E-state index in [2.05, 4.69) is 31.3 Å². The lowest BCUT2D eigenvalue weighted by atomic mass is 10.0. The van der Waals surface area contributed by atoms with Crippen LogP contribution in [0.15, 0.2) is 12.1 Å². The van der Waals surface area contributed by atoms with Crippen LogP contribution in [-0.2, 0) is 0 Å². The van der Waals surface area contributed by atoms with Gasteiger partial charge in [-0.3, -0.25) is 0 Å². The van der Waals surface area contributed by atoms with Crippen molar-refractivity contribution in [1.82, 2.24) is 0 Å². The van der Waals surface area contributed by atoms with Gasteiger partial charge in [0, 0.05) is 5.56 Å². The fourth-order valence-electron chi connectivity index (χ4n) is 2.00. The van der Waals surface area contributed by atoms with Crippen molar-refractivity contribution in [2.45, 2.75) is 10.5 Å². The number of thiol groups is 2. The molecule has 0 aliphatic carbocycles. The normalized spacial score (nSPS) is 27.9. The molecule has 2 atom stereocenters. The highest BCUT2D eigenvalue weighted by Crippen LogP contribution is 2.49. The smallest absolute Gasteiger partial charge is 0.165 e. The Hall–Kier alpha value is -0.480. The molecule has 3 aliphatic heterocycles. The molecule has 0 radical (unpaired) electrons. The van der Waals surface area contributed by atoms with Gasteiger partial charge < -0.3 is 9.47 Å². The third-order valence-electron chi connectivity index (χ3n) is 2.67.